The first-order valence-corrected chi connectivity index (χ1v) is 7.24. The van der Waals surface area contributed by atoms with Crippen molar-refractivity contribution in [2.24, 2.45) is 5.92 Å². The number of carboxylic acid groups (broad SMARTS) is 1. The van der Waals surface area contributed by atoms with Gasteiger partial charge in [0.05, 0.1) is 23.5 Å². The predicted molar refractivity (Wildman–Crippen MR) is 75.4 cm³/mol. The number of rotatable bonds is 3. The molecule has 1 fully saturated rings. The third-order valence-electron chi connectivity index (χ3n) is 2.94. The van der Waals surface area contributed by atoms with Gasteiger partial charge < -0.3 is 10.4 Å². The van der Waals surface area contributed by atoms with Crippen molar-refractivity contribution in [3.8, 4) is 0 Å². The molecule has 1 aromatic heterocycles. The van der Waals surface area contributed by atoms with E-state index in [1.54, 1.807) is 0 Å². The van der Waals surface area contributed by atoms with Crippen LogP contribution in [0.5, 0.6) is 0 Å². The van der Waals surface area contributed by atoms with Gasteiger partial charge in [0.1, 0.15) is 12.4 Å². The lowest BCUT2D eigenvalue weighted by molar-refractivity contribution is -0.141. The van der Waals surface area contributed by atoms with E-state index in [2.05, 4.69) is 15.3 Å². The second-order valence-corrected chi connectivity index (χ2v) is 5.94. The van der Waals surface area contributed by atoms with Crippen molar-refractivity contribution in [3.63, 3.8) is 0 Å². The molecular weight excluding hydrogens is 280 g/mol. The molecule has 1 aliphatic rings. The topological polar surface area (TPSA) is 95.4 Å². The summed E-state index contributed by atoms with van der Waals surface area (Å²) in [5.74, 6) is -0.418. The first-order chi connectivity index (χ1) is 9.50. The van der Waals surface area contributed by atoms with Crippen molar-refractivity contribution in [1.29, 1.82) is 0 Å². The Morgan fingerprint density at radius 3 is 2.65 bits per heavy atom. The maximum atomic E-state index is 12.3. The molecule has 1 saturated heterocycles. The Balaban J connectivity index is 2.17. The highest BCUT2D eigenvalue weighted by Crippen LogP contribution is 2.34. The zero-order valence-electron chi connectivity index (χ0n) is 11.2. The van der Waals surface area contributed by atoms with Gasteiger partial charge in [-0.05, 0) is 5.92 Å². The Morgan fingerprint density at radius 1 is 1.45 bits per heavy atom. The van der Waals surface area contributed by atoms with Gasteiger partial charge in [-0.2, -0.15) is 0 Å². The van der Waals surface area contributed by atoms with E-state index in [-0.39, 0.29) is 11.3 Å². The van der Waals surface area contributed by atoms with Crippen LogP contribution in [-0.2, 0) is 4.79 Å². The summed E-state index contributed by atoms with van der Waals surface area (Å²) >= 11 is 1.49. The largest absolute Gasteiger partial charge is 0.480 e. The average Bonchev–Trinajstić information content (AvgIpc) is 2.84. The number of amides is 2. The van der Waals surface area contributed by atoms with Gasteiger partial charge in [-0.25, -0.2) is 19.6 Å². The van der Waals surface area contributed by atoms with Crippen LogP contribution in [0.3, 0.4) is 0 Å². The van der Waals surface area contributed by atoms with E-state index in [9.17, 15) is 14.7 Å². The second kappa shape index (κ2) is 6.08. The lowest BCUT2D eigenvalue weighted by atomic mass is 10.2. The molecule has 8 heteroatoms. The minimum atomic E-state index is -0.986. The van der Waals surface area contributed by atoms with Crippen LogP contribution in [0, 0.1) is 5.92 Å². The van der Waals surface area contributed by atoms with E-state index in [4.69, 9.17) is 0 Å². The molecule has 108 valence electrons. The lowest BCUT2D eigenvalue weighted by Crippen LogP contribution is -2.49. The molecule has 2 heterocycles. The molecule has 2 amide bonds. The zero-order chi connectivity index (χ0) is 14.7. The fraction of sp³-hybridized carbons (Fsp3) is 0.500. The molecular formula is C12H16N4O3S. The molecule has 20 heavy (non-hydrogen) atoms. The summed E-state index contributed by atoms with van der Waals surface area (Å²) in [7, 11) is 0. The number of thioether (sulfide) groups is 1. The maximum absolute atomic E-state index is 12.3. The van der Waals surface area contributed by atoms with E-state index in [1.165, 1.54) is 35.4 Å². The molecule has 2 N–H and O–H groups in total. The number of carbonyl (C=O) groups is 2. The van der Waals surface area contributed by atoms with Gasteiger partial charge in [0, 0.05) is 5.75 Å². The molecule has 0 spiro atoms. The number of nitrogens with zero attached hydrogens (tertiary/aromatic N) is 3. The summed E-state index contributed by atoms with van der Waals surface area (Å²) in [6.45, 7) is 3.93. The zero-order valence-corrected chi connectivity index (χ0v) is 12.0. The SMILES string of the molecule is CC(C)C1SCC(C(=O)O)N1C(=O)Nc1cncnc1. The maximum Gasteiger partial charge on any atom is 0.327 e. The van der Waals surface area contributed by atoms with Crippen LogP contribution >= 0.6 is 11.8 Å². The monoisotopic (exact) mass is 296 g/mol. The molecule has 1 aliphatic heterocycles. The van der Waals surface area contributed by atoms with Crippen LogP contribution < -0.4 is 5.32 Å². The third kappa shape index (κ3) is 3.01. The summed E-state index contributed by atoms with van der Waals surface area (Å²) in [5, 5.41) is 11.7. The van der Waals surface area contributed by atoms with Crippen LogP contribution in [0.15, 0.2) is 18.7 Å². The highest BCUT2D eigenvalue weighted by molar-refractivity contribution is 8.00. The van der Waals surface area contributed by atoms with Crippen LogP contribution in [0.4, 0.5) is 10.5 Å². The average molecular weight is 296 g/mol. The fourth-order valence-corrected chi connectivity index (χ4v) is 3.51. The van der Waals surface area contributed by atoms with E-state index >= 15 is 0 Å². The highest BCUT2D eigenvalue weighted by Gasteiger charge is 2.42. The van der Waals surface area contributed by atoms with E-state index in [1.807, 2.05) is 13.8 Å². The number of nitrogens with one attached hydrogen (secondary N) is 1. The van der Waals surface area contributed by atoms with Crippen LogP contribution in [0.25, 0.3) is 0 Å². The van der Waals surface area contributed by atoms with Gasteiger partial charge >= 0.3 is 12.0 Å². The molecule has 0 saturated carbocycles. The van der Waals surface area contributed by atoms with Crippen molar-refractivity contribution in [2.75, 3.05) is 11.1 Å². The summed E-state index contributed by atoms with van der Waals surface area (Å²) in [6.07, 6.45) is 4.29. The second-order valence-electron chi connectivity index (χ2n) is 4.79. The van der Waals surface area contributed by atoms with E-state index in [0.29, 0.717) is 11.4 Å². The number of carboxylic acids is 1. The summed E-state index contributed by atoms with van der Waals surface area (Å²) in [4.78, 5) is 32.6. The molecule has 7 nitrogen and oxygen atoms in total. The van der Waals surface area contributed by atoms with E-state index < -0.39 is 18.0 Å². The number of hydrogen-bond donors (Lipinski definition) is 2. The summed E-state index contributed by atoms with van der Waals surface area (Å²) in [5.41, 5.74) is 0.445. The van der Waals surface area contributed by atoms with Gasteiger partial charge in [0.2, 0.25) is 0 Å². The molecule has 2 unspecified atom stereocenters. The lowest BCUT2D eigenvalue weighted by Gasteiger charge is -2.29. The van der Waals surface area contributed by atoms with Gasteiger partial charge in [0.25, 0.3) is 0 Å². The number of anilines is 1. The highest BCUT2D eigenvalue weighted by atomic mass is 32.2. The quantitative estimate of drug-likeness (QED) is 0.877. The Hall–Kier alpha value is -1.83. The molecule has 0 aromatic carbocycles. The van der Waals surface area contributed by atoms with Crippen molar-refractivity contribution in [3.05, 3.63) is 18.7 Å². The van der Waals surface area contributed by atoms with E-state index in [0.717, 1.165) is 0 Å². The normalized spacial score (nSPS) is 22.1. The van der Waals surface area contributed by atoms with Crippen LogP contribution in [0.1, 0.15) is 13.8 Å². The Labute approximate surface area is 120 Å². The number of hydrogen-bond acceptors (Lipinski definition) is 5. The van der Waals surface area contributed by atoms with Crippen molar-refractivity contribution in [1.82, 2.24) is 14.9 Å². The predicted octanol–water partition coefficient (Wildman–Crippen LogP) is 1.49. The van der Waals surface area contributed by atoms with Crippen molar-refractivity contribution >= 4 is 29.4 Å². The number of carbonyl (C=O) groups excluding carboxylic acids is 1. The first-order valence-electron chi connectivity index (χ1n) is 6.19. The van der Waals surface area contributed by atoms with Crippen molar-refractivity contribution in [2.45, 2.75) is 25.3 Å². The molecule has 0 bridgehead atoms. The molecule has 2 atom stereocenters. The third-order valence-corrected chi connectivity index (χ3v) is 4.56. The van der Waals surface area contributed by atoms with Crippen LogP contribution in [0.2, 0.25) is 0 Å². The van der Waals surface area contributed by atoms with Gasteiger partial charge in [-0.15, -0.1) is 11.8 Å². The number of aliphatic carboxylic acids is 1. The standard InChI is InChI=1S/C12H16N4O3S/c1-7(2)10-16(9(5-20-10)11(17)18)12(19)15-8-3-13-6-14-4-8/h3-4,6-7,9-10H,5H2,1-2H3,(H,15,19)(H,17,18). The number of urea groups is 1. The Bertz CT molecular complexity index is 497. The van der Waals surface area contributed by atoms with Crippen LogP contribution in [-0.4, -0.2) is 49.1 Å². The molecule has 0 radical (unpaired) electrons. The fourth-order valence-electron chi connectivity index (χ4n) is 2.04. The molecule has 2 rings (SSSR count). The van der Waals surface area contributed by atoms with Gasteiger partial charge in [-0.3, -0.25) is 4.90 Å². The summed E-state index contributed by atoms with van der Waals surface area (Å²) in [6, 6.07) is -1.24. The van der Waals surface area contributed by atoms with Crippen molar-refractivity contribution < 1.29 is 14.7 Å². The minimum Gasteiger partial charge on any atom is -0.480 e. The van der Waals surface area contributed by atoms with Gasteiger partial charge in [-0.1, -0.05) is 13.8 Å². The molecule has 0 aliphatic carbocycles. The Kier molecular flexibility index (Phi) is 4.43. The minimum absolute atomic E-state index is 0.152. The van der Waals surface area contributed by atoms with Gasteiger partial charge in [0.15, 0.2) is 0 Å². The first kappa shape index (κ1) is 14.6. The Morgan fingerprint density at radius 2 is 2.10 bits per heavy atom. The number of aromatic nitrogens is 2. The summed E-state index contributed by atoms with van der Waals surface area (Å²) < 4.78 is 0. The smallest absolute Gasteiger partial charge is 0.327 e. The molecule has 1 aromatic rings.